The van der Waals surface area contributed by atoms with E-state index in [1.165, 1.54) is 12.8 Å². The number of rotatable bonds is 6. The molecule has 1 aliphatic heterocycles. The third-order valence-corrected chi connectivity index (χ3v) is 3.69. The quantitative estimate of drug-likeness (QED) is 0.816. The summed E-state index contributed by atoms with van der Waals surface area (Å²) in [7, 11) is 2.00. The van der Waals surface area contributed by atoms with Crippen molar-refractivity contribution in [2.45, 2.75) is 24.8 Å². The Morgan fingerprint density at radius 1 is 1.47 bits per heavy atom. The van der Waals surface area contributed by atoms with E-state index in [0.29, 0.717) is 12.6 Å². The lowest BCUT2D eigenvalue weighted by Crippen LogP contribution is -2.38. The number of nitrogens with one attached hydrogen (secondary N) is 1. The van der Waals surface area contributed by atoms with Crippen molar-refractivity contribution in [2.75, 3.05) is 26.7 Å². The topological polar surface area (TPSA) is 52.6 Å². The van der Waals surface area contributed by atoms with E-state index in [0.717, 1.165) is 18.7 Å². The molecule has 4 heteroatoms. The molecule has 2 rings (SSSR count). The molecule has 0 bridgehead atoms. The largest absolute Gasteiger partial charge is 0.481 e. The molecule has 1 aromatic carbocycles. The number of carboxylic acid groups (broad SMARTS) is 1. The molecule has 2 N–H and O–H groups in total. The van der Waals surface area contributed by atoms with Crippen molar-refractivity contribution in [2.24, 2.45) is 0 Å². The maximum Gasteiger partial charge on any atom is 0.312 e. The highest BCUT2D eigenvalue weighted by molar-refractivity contribution is 5.76. The lowest BCUT2D eigenvalue weighted by molar-refractivity contribution is -0.139. The minimum Gasteiger partial charge on any atom is -0.481 e. The first-order valence-electron chi connectivity index (χ1n) is 6.86. The molecule has 0 radical (unpaired) electrons. The Bertz CT molecular complexity index is 402. The molecule has 0 aliphatic carbocycles. The minimum atomic E-state index is -0.752. The first-order chi connectivity index (χ1) is 9.16. The van der Waals surface area contributed by atoms with Crippen molar-refractivity contribution in [1.82, 2.24) is 10.2 Å². The molecular formula is C15H22N2O2. The summed E-state index contributed by atoms with van der Waals surface area (Å²) >= 11 is 0. The smallest absolute Gasteiger partial charge is 0.312 e. The number of hydrogen-bond acceptors (Lipinski definition) is 3. The van der Waals surface area contributed by atoms with Crippen LogP contribution in [0.25, 0.3) is 0 Å². The fourth-order valence-electron chi connectivity index (χ4n) is 2.69. The van der Waals surface area contributed by atoms with Crippen LogP contribution in [-0.4, -0.2) is 48.7 Å². The molecule has 104 valence electrons. The van der Waals surface area contributed by atoms with Gasteiger partial charge in [-0.25, -0.2) is 0 Å². The molecule has 2 unspecified atom stereocenters. The van der Waals surface area contributed by atoms with Crippen LogP contribution in [0.4, 0.5) is 0 Å². The van der Waals surface area contributed by atoms with Crippen LogP contribution in [0.2, 0.25) is 0 Å². The molecule has 4 nitrogen and oxygen atoms in total. The molecular weight excluding hydrogens is 240 g/mol. The third kappa shape index (κ3) is 4.04. The monoisotopic (exact) mass is 262 g/mol. The molecule has 1 aliphatic rings. The highest BCUT2D eigenvalue weighted by Gasteiger charge is 2.23. The molecule has 1 aromatic rings. The van der Waals surface area contributed by atoms with Crippen LogP contribution in [0.1, 0.15) is 24.3 Å². The molecule has 1 saturated heterocycles. The number of likely N-dealkylation sites (N-methyl/N-ethyl adjacent to an activating group) is 1. The highest BCUT2D eigenvalue weighted by atomic mass is 16.4. The van der Waals surface area contributed by atoms with E-state index in [1.54, 1.807) is 0 Å². The lowest BCUT2D eigenvalue weighted by atomic mass is 9.98. The van der Waals surface area contributed by atoms with Gasteiger partial charge in [0.05, 0.1) is 5.92 Å². The Balaban J connectivity index is 1.94. The minimum absolute atomic E-state index is 0.451. The van der Waals surface area contributed by atoms with E-state index in [1.807, 2.05) is 37.4 Å². The van der Waals surface area contributed by atoms with Crippen LogP contribution in [0.3, 0.4) is 0 Å². The summed E-state index contributed by atoms with van der Waals surface area (Å²) in [5.41, 5.74) is 0.876. The summed E-state index contributed by atoms with van der Waals surface area (Å²) < 4.78 is 0. The van der Waals surface area contributed by atoms with Crippen LogP contribution in [0.5, 0.6) is 0 Å². The van der Waals surface area contributed by atoms with Crippen molar-refractivity contribution in [3.8, 4) is 0 Å². The third-order valence-electron chi connectivity index (χ3n) is 3.69. The van der Waals surface area contributed by atoms with Gasteiger partial charge in [-0.1, -0.05) is 30.3 Å². The van der Waals surface area contributed by atoms with E-state index < -0.39 is 11.9 Å². The second kappa shape index (κ2) is 6.68. The molecule has 0 amide bonds. The van der Waals surface area contributed by atoms with Crippen molar-refractivity contribution < 1.29 is 9.90 Å². The molecule has 1 fully saturated rings. The summed E-state index contributed by atoms with van der Waals surface area (Å²) in [5, 5.41) is 12.8. The SMILES string of the molecule is CN(CC1CCCN1)CC(C(=O)O)c1ccccc1. The summed E-state index contributed by atoms with van der Waals surface area (Å²) in [6.45, 7) is 2.55. The highest BCUT2D eigenvalue weighted by Crippen LogP contribution is 2.17. The fourth-order valence-corrected chi connectivity index (χ4v) is 2.69. The van der Waals surface area contributed by atoms with Gasteiger partial charge in [0, 0.05) is 19.1 Å². The van der Waals surface area contributed by atoms with Crippen LogP contribution in [0, 0.1) is 0 Å². The number of benzene rings is 1. The summed E-state index contributed by atoms with van der Waals surface area (Å²) in [5.74, 6) is -1.20. The van der Waals surface area contributed by atoms with Gasteiger partial charge in [0.15, 0.2) is 0 Å². The normalized spacial score (nSPS) is 20.6. The first-order valence-corrected chi connectivity index (χ1v) is 6.86. The van der Waals surface area contributed by atoms with Crippen LogP contribution in [0.15, 0.2) is 30.3 Å². The average molecular weight is 262 g/mol. The van der Waals surface area contributed by atoms with E-state index in [4.69, 9.17) is 0 Å². The Hall–Kier alpha value is -1.39. The van der Waals surface area contributed by atoms with Gasteiger partial charge >= 0.3 is 5.97 Å². The van der Waals surface area contributed by atoms with Gasteiger partial charge < -0.3 is 15.3 Å². The van der Waals surface area contributed by atoms with Crippen LogP contribution < -0.4 is 5.32 Å². The summed E-state index contributed by atoms with van der Waals surface area (Å²) in [6, 6.07) is 9.98. The molecule has 0 spiro atoms. The second-order valence-corrected chi connectivity index (χ2v) is 5.32. The number of nitrogens with zero attached hydrogens (tertiary/aromatic N) is 1. The van der Waals surface area contributed by atoms with Crippen molar-refractivity contribution in [3.63, 3.8) is 0 Å². The first kappa shape index (κ1) is 14.0. The summed E-state index contributed by atoms with van der Waals surface area (Å²) in [6.07, 6.45) is 2.41. The lowest BCUT2D eigenvalue weighted by Gasteiger charge is -2.24. The Kier molecular flexibility index (Phi) is 4.93. The molecule has 1 heterocycles. The average Bonchev–Trinajstić information content (AvgIpc) is 2.89. The summed E-state index contributed by atoms with van der Waals surface area (Å²) in [4.78, 5) is 13.6. The van der Waals surface area contributed by atoms with Gasteiger partial charge in [-0.05, 0) is 32.0 Å². The van der Waals surface area contributed by atoms with Crippen LogP contribution >= 0.6 is 0 Å². The van der Waals surface area contributed by atoms with Crippen molar-refractivity contribution in [1.29, 1.82) is 0 Å². The maximum absolute atomic E-state index is 11.4. The van der Waals surface area contributed by atoms with Crippen molar-refractivity contribution >= 4 is 5.97 Å². The van der Waals surface area contributed by atoms with Crippen molar-refractivity contribution in [3.05, 3.63) is 35.9 Å². The Labute approximate surface area is 114 Å². The van der Waals surface area contributed by atoms with Gasteiger partial charge in [0.25, 0.3) is 0 Å². The van der Waals surface area contributed by atoms with E-state index >= 15 is 0 Å². The van der Waals surface area contributed by atoms with Crippen LogP contribution in [-0.2, 0) is 4.79 Å². The second-order valence-electron chi connectivity index (χ2n) is 5.32. The number of hydrogen-bond donors (Lipinski definition) is 2. The van der Waals surface area contributed by atoms with Gasteiger partial charge in [-0.2, -0.15) is 0 Å². The Morgan fingerprint density at radius 2 is 2.21 bits per heavy atom. The standard InChI is InChI=1S/C15H22N2O2/c1-17(10-13-8-5-9-16-13)11-14(15(18)19)12-6-3-2-4-7-12/h2-4,6-7,13-14,16H,5,8-11H2,1H3,(H,18,19). The van der Waals surface area contributed by atoms with Gasteiger partial charge in [-0.3, -0.25) is 4.79 Å². The Morgan fingerprint density at radius 3 is 2.79 bits per heavy atom. The molecule has 0 saturated carbocycles. The van der Waals surface area contributed by atoms with E-state index in [-0.39, 0.29) is 0 Å². The predicted molar refractivity (Wildman–Crippen MR) is 75.3 cm³/mol. The number of carbonyl (C=O) groups is 1. The molecule has 0 aromatic heterocycles. The number of carboxylic acids is 1. The number of aliphatic carboxylic acids is 1. The van der Waals surface area contributed by atoms with Gasteiger partial charge in [-0.15, -0.1) is 0 Å². The fraction of sp³-hybridized carbons (Fsp3) is 0.533. The maximum atomic E-state index is 11.4. The predicted octanol–water partition coefficient (Wildman–Crippen LogP) is 1.54. The zero-order valence-electron chi connectivity index (χ0n) is 11.4. The van der Waals surface area contributed by atoms with E-state index in [2.05, 4.69) is 10.2 Å². The van der Waals surface area contributed by atoms with Gasteiger partial charge in [0.1, 0.15) is 0 Å². The van der Waals surface area contributed by atoms with E-state index in [9.17, 15) is 9.90 Å². The zero-order valence-corrected chi connectivity index (χ0v) is 11.4. The molecule has 19 heavy (non-hydrogen) atoms. The zero-order chi connectivity index (χ0) is 13.7. The van der Waals surface area contributed by atoms with Gasteiger partial charge in [0.2, 0.25) is 0 Å². The molecule has 2 atom stereocenters.